The fourth-order valence-corrected chi connectivity index (χ4v) is 5.75. The van der Waals surface area contributed by atoms with E-state index in [2.05, 4.69) is 5.32 Å². The Hall–Kier alpha value is -3.07. The van der Waals surface area contributed by atoms with Gasteiger partial charge in [0.15, 0.2) is 0 Å². The highest BCUT2D eigenvalue weighted by Crippen LogP contribution is 2.28. The van der Waals surface area contributed by atoms with Crippen LogP contribution in [0.1, 0.15) is 37.8 Å². The van der Waals surface area contributed by atoms with E-state index in [0.717, 1.165) is 22.7 Å². The fourth-order valence-electron chi connectivity index (χ4n) is 3.94. The molecule has 10 heteroatoms. The van der Waals surface area contributed by atoms with Gasteiger partial charge in [0, 0.05) is 23.1 Å². The van der Waals surface area contributed by atoms with Crippen LogP contribution >= 0.6 is 23.2 Å². The average Bonchev–Trinajstić information content (AvgIpc) is 2.92. The summed E-state index contributed by atoms with van der Waals surface area (Å²) in [6.07, 6.45) is 1.71. The minimum absolute atomic E-state index is 0.0289. The van der Waals surface area contributed by atoms with Gasteiger partial charge in [-0.2, -0.15) is 0 Å². The second-order valence-electron chi connectivity index (χ2n) is 9.23. The third-order valence-electron chi connectivity index (χ3n) is 6.29. The molecular formula is C29H33Cl2N3O4S. The maximum absolute atomic E-state index is 13.9. The first-order valence-electron chi connectivity index (χ1n) is 12.7. The number of nitrogens with zero attached hydrogens (tertiary/aromatic N) is 2. The summed E-state index contributed by atoms with van der Waals surface area (Å²) in [7, 11) is -4.15. The number of sulfonamides is 1. The SMILES string of the molecule is CCCCNC(=O)C(C)N(Cc1cccc(Cl)c1)C(=O)CN(c1ccc(C)c(Cl)c1)S(=O)(=O)c1ccccc1. The Kier molecular flexibility index (Phi) is 10.8. The Morgan fingerprint density at radius 3 is 2.33 bits per heavy atom. The van der Waals surface area contributed by atoms with Crippen LogP contribution in [0.2, 0.25) is 10.0 Å². The molecule has 1 N–H and O–H groups in total. The molecule has 0 bridgehead atoms. The van der Waals surface area contributed by atoms with Crippen LogP contribution in [-0.4, -0.2) is 44.3 Å². The largest absolute Gasteiger partial charge is 0.354 e. The van der Waals surface area contributed by atoms with Crippen molar-refractivity contribution in [1.29, 1.82) is 0 Å². The van der Waals surface area contributed by atoms with E-state index >= 15 is 0 Å². The molecule has 0 aliphatic rings. The average molecular weight is 591 g/mol. The molecule has 1 atom stereocenters. The van der Waals surface area contributed by atoms with Crippen LogP contribution in [0.4, 0.5) is 5.69 Å². The number of carbonyl (C=O) groups is 2. The van der Waals surface area contributed by atoms with Gasteiger partial charge in [0.1, 0.15) is 12.6 Å². The molecule has 0 aliphatic heterocycles. The maximum Gasteiger partial charge on any atom is 0.264 e. The zero-order valence-corrected chi connectivity index (χ0v) is 24.6. The quantitative estimate of drug-likeness (QED) is 0.269. The highest BCUT2D eigenvalue weighted by Gasteiger charge is 2.32. The van der Waals surface area contributed by atoms with Crippen LogP contribution < -0.4 is 9.62 Å². The van der Waals surface area contributed by atoms with E-state index < -0.39 is 28.5 Å². The van der Waals surface area contributed by atoms with Crippen molar-refractivity contribution >= 4 is 50.7 Å². The number of aryl methyl sites for hydroxylation is 1. The van der Waals surface area contributed by atoms with Gasteiger partial charge < -0.3 is 10.2 Å². The highest BCUT2D eigenvalue weighted by atomic mass is 35.5. The lowest BCUT2D eigenvalue weighted by molar-refractivity contribution is -0.139. The number of hydrogen-bond acceptors (Lipinski definition) is 4. The standard InChI is InChI=1S/C29H33Cl2N3O4S/c1-4-5-16-32-29(36)22(3)33(19-23-10-9-11-24(30)17-23)28(35)20-34(25-15-14-21(2)27(31)18-25)39(37,38)26-12-7-6-8-13-26/h6-15,17-18,22H,4-5,16,19-20H2,1-3H3,(H,32,36). The molecule has 0 heterocycles. The van der Waals surface area contributed by atoms with Gasteiger partial charge in [-0.25, -0.2) is 8.42 Å². The number of hydrogen-bond donors (Lipinski definition) is 1. The van der Waals surface area contributed by atoms with Crippen LogP contribution in [0.25, 0.3) is 0 Å². The zero-order chi connectivity index (χ0) is 28.6. The van der Waals surface area contributed by atoms with Crippen molar-refractivity contribution < 1.29 is 18.0 Å². The third-order valence-corrected chi connectivity index (χ3v) is 8.72. The van der Waals surface area contributed by atoms with Gasteiger partial charge in [-0.05, 0) is 67.8 Å². The first kappa shape index (κ1) is 30.5. The minimum Gasteiger partial charge on any atom is -0.354 e. The van der Waals surface area contributed by atoms with Gasteiger partial charge in [0.25, 0.3) is 10.0 Å². The number of unbranched alkanes of at least 4 members (excludes halogenated alkanes) is 1. The van der Waals surface area contributed by atoms with Gasteiger partial charge >= 0.3 is 0 Å². The van der Waals surface area contributed by atoms with E-state index in [9.17, 15) is 18.0 Å². The normalized spacial score (nSPS) is 12.0. The van der Waals surface area contributed by atoms with Gasteiger partial charge in [-0.3, -0.25) is 13.9 Å². The van der Waals surface area contributed by atoms with Crippen molar-refractivity contribution in [3.63, 3.8) is 0 Å². The Bertz CT molecular complexity index is 1400. The number of carbonyl (C=O) groups excluding carboxylic acids is 2. The second-order valence-corrected chi connectivity index (χ2v) is 11.9. The molecule has 0 aliphatic carbocycles. The number of benzene rings is 3. The molecule has 0 fully saturated rings. The summed E-state index contributed by atoms with van der Waals surface area (Å²) in [6, 6.07) is 18.8. The third kappa shape index (κ3) is 7.97. The number of halogens is 2. The lowest BCUT2D eigenvalue weighted by atomic mass is 10.1. The molecule has 0 radical (unpaired) electrons. The van der Waals surface area contributed by atoms with E-state index in [1.807, 2.05) is 6.92 Å². The zero-order valence-electron chi connectivity index (χ0n) is 22.2. The lowest BCUT2D eigenvalue weighted by Gasteiger charge is -2.32. The van der Waals surface area contributed by atoms with E-state index in [4.69, 9.17) is 23.2 Å². The first-order chi connectivity index (χ1) is 18.5. The molecule has 0 aromatic heterocycles. The van der Waals surface area contributed by atoms with Crippen molar-refractivity contribution in [2.45, 2.75) is 51.1 Å². The Labute approximate surface area is 240 Å². The summed E-state index contributed by atoms with van der Waals surface area (Å²) in [5.74, 6) is -0.876. The van der Waals surface area contributed by atoms with E-state index in [-0.39, 0.29) is 23.0 Å². The van der Waals surface area contributed by atoms with Gasteiger partial charge in [0.05, 0.1) is 10.6 Å². The molecule has 3 rings (SSSR count). The van der Waals surface area contributed by atoms with E-state index in [0.29, 0.717) is 22.2 Å². The maximum atomic E-state index is 13.9. The number of anilines is 1. The predicted octanol–water partition coefficient (Wildman–Crippen LogP) is 5.83. The van der Waals surface area contributed by atoms with Crippen molar-refractivity contribution in [3.8, 4) is 0 Å². The molecular weight excluding hydrogens is 557 g/mol. The Balaban J connectivity index is 2.01. The summed E-state index contributed by atoms with van der Waals surface area (Å²) < 4.78 is 28.6. The molecule has 3 aromatic carbocycles. The molecule has 0 spiro atoms. The summed E-state index contributed by atoms with van der Waals surface area (Å²) in [5.41, 5.74) is 1.72. The topological polar surface area (TPSA) is 86.8 Å². The summed E-state index contributed by atoms with van der Waals surface area (Å²) in [5, 5.41) is 3.72. The summed E-state index contributed by atoms with van der Waals surface area (Å²) >= 11 is 12.5. The second kappa shape index (κ2) is 13.8. The Morgan fingerprint density at radius 1 is 0.974 bits per heavy atom. The monoisotopic (exact) mass is 589 g/mol. The summed E-state index contributed by atoms with van der Waals surface area (Å²) in [4.78, 5) is 28.3. The Morgan fingerprint density at radius 2 is 1.69 bits per heavy atom. The molecule has 1 unspecified atom stereocenters. The number of rotatable bonds is 12. The number of nitrogens with one attached hydrogen (secondary N) is 1. The molecule has 2 amide bonds. The fraction of sp³-hybridized carbons (Fsp3) is 0.310. The van der Waals surface area contributed by atoms with E-state index in [1.54, 1.807) is 68.4 Å². The van der Waals surface area contributed by atoms with Crippen molar-refractivity contribution in [2.24, 2.45) is 0 Å². The molecule has 7 nitrogen and oxygen atoms in total. The first-order valence-corrected chi connectivity index (χ1v) is 14.9. The smallest absolute Gasteiger partial charge is 0.264 e. The van der Waals surface area contributed by atoms with Gasteiger partial charge in [-0.15, -0.1) is 0 Å². The number of amides is 2. The van der Waals surface area contributed by atoms with Crippen LogP contribution in [0, 0.1) is 6.92 Å². The highest BCUT2D eigenvalue weighted by molar-refractivity contribution is 7.92. The predicted molar refractivity (Wildman–Crippen MR) is 157 cm³/mol. The lowest BCUT2D eigenvalue weighted by Crippen LogP contribution is -2.51. The van der Waals surface area contributed by atoms with Crippen molar-refractivity contribution in [1.82, 2.24) is 10.2 Å². The summed E-state index contributed by atoms with van der Waals surface area (Å²) in [6.45, 7) is 5.46. The molecule has 208 valence electrons. The van der Waals surface area contributed by atoms with Crippen molar-refractivity contribution in [3.05, 3.63) is 94.0 Å². The van der Waals surface area contributed by atoms with Gasteiger partial charge in [-0.1, -0.05) is 72.9 Å². The minimum atomic E-state index is -4.15. The van der Waals surface area contributed by atoms with Gasteiger partial charge in [0.2, 0.25) is 11.8 Å². The van der Waals surface area contributed by atoms with Crippen LogP contribution in [0.5, 0.6) is 0 Å². The molecule has 39 heavy (non-hydrogen) atoms. The van der Waals surface area contributed by atoms with Crippen LogP contribution in [0.15, 0.2) is 77.7 Å². The van der Waals surface area contributed by atoms with Crippen LogP contribution in [0.3, 0.4) is 0 Å². The molecule has 0 saturated heterocycles. The van der Waals surface area contributed by atoms with Crippen molar-refractivity contribution in [2.75, 3.05) is 17.4 Å². The van der Waals surface area contributed by atoms with Crippen LogP contribution in [-0.2, 0) is 26.2 Å². The molecule has 3 aromatic rings. The molecule has 0 saturated carbocycles. The van der Waals surface area contributed by atoms with E-state index in [1.165, 1.54) is 23.1 Å².